The predicted molar refractivity (Wildman–Crippen MR) is 98.1 cm³/mol. The SMILES string of the molecule is NC(=O)COC(=O)CCCC1CCN(c2cc(-n3ccnc3)ncn2)CC1. The van der Waals surface area contributed by atoms with E-state index in [0.29, 0.717) is 12.3 Å². The summed E-state index contributed by atoms with van der Waals surface area (Å²) in [5.74, 6) is 1.31. The third-order valence-corrected chi connectivity index (χ3v) is 4.71. The van der Waals surface area contributed by atoms with E-state index < -0.39 is 5.91 Å². The van der Waals surface area contributed by atoms with E-state index in [-0.39, 0.29) is 12.6 Å². The van der Waals surface area contributed by atoms with Gasteiger partial charge in [0, 0.05) is 38.0 Å². The highest BCUT2D eigenvalue weighted by molar-refractivity contribution is 5.78. The molecule has 0 spiro atoms. The molecular formula is C18H24N6O3. The van der Waals surface area contributed by atoms with Crippen molar-refractivity contribution in [1.29, 1.82) is 0 Å². The monoisotopic (exact) mass is 372 g/mol. The Labute approximate surface area is 157 Å². The second-order valence-corrected chi connectivity index (χ2v) is 6.65. The molecule has 9 heteroatoms. The van der Waals surface area contributed by atoms with E-state index in [1.54, 1.807) is 18.9 Å². The van der Waals surface area contributed by atoms with Gasteiger partial charge < -0.3 is 15.4 Å². The molecule has 1 saturated heterocycles. The highest BCUT2D eigenvalue weighted by Gasteiger charge is 2.21. The molecule has 1 aliphatic rings. The van der Waals surface area contributed by atoms with Crippen LogP contribution in [-0.4, -0.2) is 51.1 Å². The molecule has 144 valence electrons. The quantitative estimate of drug-likeness (QED) is 0.689. The van der Waals surface area contributed by atoms with Crippen LogP contribution in [0.4, 0.5) is 5.82 Å². The van der Waals surface area contributed by atoms with Crippen molar-refractivity contribution in [3.63, 3.8) is 0 Å². The lowest BCUT2D eigenvalue weighted by Gasteiger charge is -2.32. The fraction of sp³-hybridized carbons (Fsp3) is 0.500. The van der Waals surface area contributed by atoms with Crippen molar-refractivity contribution in [2.24, 2.45) is 11.7 Å². The predicted octanol–water partition coefficient (Wildman–Crippen LogP) is 1.08. The van der Waals surface area contributed by atoms with Gasteiger partial charge in [0.1, 0.15) is 24.3 Å². The van der Waals surface area contributed by atoms with E-state index in [2.05, 4.69) is 19.9 Å². The Bertz CT molecular complexity index is 756. The van der Waals surface area contributed by atoms with Gasteiger partial charge in [-0.15, -0.1) is 0 Å². The van der Waals surface area contributed by atoms with Gasteiger partial charge in [-0.05, 0) is 31.6 Å². The Morgan fingerprint density at radius 1 is 1.22 bits per heavy atom. The molecule has 0 saturated carbocycles. The van der Waals surface area contributed by atoms with Crippen LogP contribution in [0.25, 0.3) is 5.82 Å². The largest absolute Gasteiger partial charge is 0.456 e. The maximum Gasteiger partial charge on any atom is 0.306 e. The van der Waals surface area contributed by atoms with Crippen LogP contribution in [0.5, 0.6) is 0 Å². The zero-order chi connectivity index (χ0) is 19.1. The van der Waals surface area contributed by atoms with Crippen LogP contribution < -0.4 is 10.6 Å². The fourth-order valence-electron chi connectivity index (χ4n) is 3.26. The normalized spacial score (nSPS) is 14.9. The van der Waals surface area contributed by atoms with E-state index in [1.807, 2.05) is 16.8 Å². The number of piperidine rings is 1. The average Bonchev–Trinajstić information content (AvgIpc) is 3.22. The van der Waals surface area contributed by atoms with E-state index in [1.165, 1.54) is 0 Å². The van der Waals surface area contributed by atoms with Gasteiger partial charge >= 0.3 is 5.97 Å². The minimum Gasteiger partial charge on any atom is -0.456 e. The number of hydrogen-bond donors (Lipinski definition) is 1. The van der Waals surface area contributed by atoms with Crippen LogP contribution in [0, 0.1) is 5.92 Å². The van der Waals surface area contributed by atoms with Gasteiger partial charge in [-0.1, -0.05) is 0 Å². The summed E-state index contributed by atoms with van der Waals surface area (Å²) < 4.78 is 6.62. The molecule has 2 N–H and O–H groups in total. The standard InChI is InChI=1S/C18H24N6O3/c19-15(25)11-27-18(26)3-1-2-14-4-7-23(8-5-14)16-10-17(22-12-21-16)24-9-6-20-13-24/h6,9-10,12-14H,1-5,7-8,11H2,(H2,19,25). The molecule has 2 aromatic heterocycles. The van der Waals surface area contributed by atoms with E-state index in [4.69, 9.17) is 10.5 Å². The molecule has 2 aromatic rings. The summed E-state index contributed by atoms with van der Waals surface area (Å²) in [6, 6.07) is 1.97. The first kappa shape index (κ1) is 18.8. The summed E-state index contributed by atoms with van der Waals surface area (Å²) in [6.07, 6.45) is 11.0. The number of rotatable bonds is 8. The summed E-state index contributed by atoms with van der Waals surface area (Å²) in [5, 5.41) is 0. The number of ether oxygens (including phenoxy) is 1. The van der Waals surface area contributed by atoms with Crippen molar-refractivity contribution >= 4 is 17.7 Å². The molecule has 1 amide bonds. The smallest absolute Gasteiger partial charge is 0.306 e. The minimum atomic E-state index is -0.628. The minimum absolute atomic E-state index is 0.327. The third-order valence-electron chi connectivity index (χ3n) is 4.71. The first-order valence-corrected chi connectivity index (χ1v) is 9.11. The molecular weight excluding hydrogens is 348 g/mol. The van der Waals surface area contributed by atoms with Crippen LogP contribution in [0.15, 0.2) is 31.1 Å². The lowest BCUT2D eigenvalue weighted by Crippen LogP contribution is -2.34. The maximum atomic E-state index is 11.5. The molecule has 1 fully saturated rings. The van der Waals surface area contributed by atoms with Gasteiger partial charge in [0.05, 0.1) is 0 Å². The zero-order valence-electron chi connectivity index (χ0n) is 15.2. The van der Waals surface area contributed by atoms with Gasteiger partial charge in [0.25, 0.3) is 5.91 Å². The summed E-state index contributed by atoms with van der Waals surface area (Å²) in [5.41, 5.74) is 4.95. The van der Waals surface area contributed by atoms with Crippen LogP contribution in [0.2, 0.25) is 0 Å². The molecule has 3 rings (SSSR count). The Morgan fingerprint density at radius 3 is 2.70 bits per heavy atom. The lowest BCUT2D eigenvalue weighted by atomic mass is 9.91. The van der Waals surface area contributed by atoms with Gasteiger partial charge in [0.15, 0.2) is 6.61 Å². The maximum absolute atomic E-state index is 11.5. The van der Waals surface area contributed by atoms with E-state index in [0.717, 1.165) is 50.4 Å². The topological polar surface area (TPSA) is 116 Å². The summed E-state index contributed by atoms with van der Waals surface area (Å²) >= 11 is 0. The Kier molecular flexibility index (Phi) is 6.35. The Balaban J connectivity index is 1.42. The lowest BCUT2D eigenvalue weighted by molar-refractivity contribution is -0.147. The van der Waals surface area contributed by atoms with Crippen LogP contribution in [0.3, 0.4) is 0 Å². The van der Waals surface area contributed by atoms with Gasteiger partial charge in [-0.25, -0.2) is 15.0 Å². The highest BCUT2D eigenvalue weighted by Crippen LogP contribution is 2.26. The Morgan fingerprint density at radius 2 is 2.00 bits per heavy atom. The average molecular weight is 372 g/mol. The molecule has 0 aliphatic carbocycles. The van der Waals surface area contributed by atoms with E-state index >= 15 is 0 Å². The number of nitrogens with two attached hydrogens (primary N) is 1. The van der Waals surface area contributed by atoms with Crippen molar-refractivity contribution in [3.05, 3.63) is 31.1 Å². The fourth-order valence-corrected chi connectivity index (χ4v) is 3.26. The van der Waals surface area contributed by atoms with E-state index in [9.17, 15) is 9.59 Å². The molecule has 27 heavy (non-hydrogen) atoms. The zero-order valence-corrected chi connectivity index (χ0v) is 15.2. The number of aromatic nitrogens is 4. The number of amides is 1. The van der Waals surface area contributed by atoms with Gasteiger partial charge in [0.2, 0.25) is 0 Å². The summed E-state index contributed by atoms with van der Waals surface area (Å²) in [4.78, 5) is 37.1. The molecule has 3 heterocycles. The molecule has 0 atom stereocenters. The first-order chi connectivity index (χ1) is 13.1. The Hall–Kier alpha value is -2.97. The van der Waals surface area contributed by atoms with Crippen molar-refractivity contribution in [2.75, 3.05) is 24.6 Å². The van der Waals surface area contributed by atoms with Crippen molar-refractivity contribution in [2.45, 2.75) is 32.1 Å². The van der Waals surface area contributed by atoms with Gasteiger partial charge in [-0.2, -0.15) is 0 Å². The number of nitrogens with zero attached hydrogens (tertiary/aromatic N) is 5. The second kappa shape index (κ2) is 9.11. The van der Waals surface area contributed by atoms with Crippen LogP contribution in [0.1, 0.15) is 32.1 Å². The first-order valence-electron chi connectivity index (χ1n) is 9.11. The molecule has 0 aromatic carbocycles. The number of carbonyl (C=O) groups excluding carboxylic acids is 2. The van der Waals surface area contributed by atoms with Crippen molar-refractivity contribution in [1.82, 2.24) is 19.5 Å². The highest BCUT2D eigenvalue weighted by atomic mass is 16.5. The number of anilines is 1. The number of imidazole rings is 1. The van der Waals surface area contributed by atoms with Crippen LogP contribution >= 0.6 is 0 Å². The summed E-state index contributed by atoms with van der Waals surface area (Å²) in [6.45, 7) is 1.52. The number of carbonyl (C=O) groups is 2. The summed E-state index contributed by atoms with van der Waals surface area (Å²) in [7, 11) is 0. The molecule has 0 unspecified atom stereocenters. The molecule has 1 aliphatic heterocycles. The number of hydrogen-bond acceptors (Lipinski definition) is 7. The second-order valence-electron chi connectivity index (χ2n) is 6.65. The number of esters is 1. The van der Waals surface area contributed by atoms with Crippen molar-refractivity contribution in [3.8, 4) is 5.82 Å². The molecule has 9 nitrogen and oxygen atoms in total. The number of primary amides is 1. The molecule has 0 radical (unpaired) electrons. The van der Waals surface area contributed by atoms with Crippen LogP contribution in [-0.2, 0) is 14.3 Å². The van der Waals surface area contributed by atoms with Gasteiger partial charge in [-0.3, -0.25) is 14.2 Å². The van der Waals surface area contributed by atoms with Crippen molar-refractivity contribution < 1.29 is 14.3 Å². The molecule has 0 bridgehead atoms. The third kappa shape index (κ3) is 5.50.